The van der Waals surface area contributed by atoms with Crippen molar-refractivity contribution in [1.29, 1.82) is 0 Å². The Bertz CT molecular complexity index is 1230. The van der Waals surface area contributed by atoms with Crippen LogP contribution < -0.4 is 10.6 Å². The summed E-state index contributed by atoms with van der Waals surface area (Å²) >= 11 is 0. The molecular formula is C32H45N3O7. The van der Waals surface area contributed by atoms with Crippen LogP contribution >= 0.6 is 0 Å². The number of nitrogens with one attached hydrogen (secondary N) is 2. The molecule has 42 heavy (non-hydrogen) atoms. The number of amides is 3. The van der Waals surface area contributed by atoms with Crippen LogP contribution in [-0.4, -0.2) is 64.2 Å². The maximum Gasteiger partial charge on any atom is 0.408 e. The van der Waals surface area contributed by atoms with Gasteiger partial charge in [-0.25, -0.2) is 9.59 Å². The molecule has 0 aliphatic rings. The van der Waals surface area contributed by atoms with E-state index in [2.05, 4.69) is 10.6 Å². The number of carbonyl (C=O) groups excluding carboxylic acids is 4. The molecule has 10 heteroatoms. The Morgan fingerprint density at radius 3 is 2.10 bits per heavy atom. The van der Waals surface area contributed by atoms with Gasteiger partial charge in [0.1, 0.15) is 35.6 Å². The molecule has 0 aromatic heterocycles. The molecule has 2 aromatic rings. The molecular weight excluding hydrogens is 538 g/mol. The van der Waals surface area contributed by atoms with Gasteiger partial charge in [0, 0.05) is 13.0 Å². The van der Waals surface area contributed by atoms with E-state index in [4.69, 9.17) is 9.47 Å². The number of rotatable bonds is 11. The van der Waals surface area contributed by atoms with Crippen LogP contribution in [0.2, 0.25) is 0 Å². The lowest BCUT2D eigenvalue weighted by Crippen LogP contribution is -2.52. The second-order valence-electron chi connectivity index (χ2n) is 12.2. The molecule has 0 heterocycles. The van der Waals surface area contributed by atoms with Crippen molar-refractivity contribution in [2.75, 3.05) is 13.1 Å². The number of phenols is 1. The topological polar surface area (TPSA) is 134 Å². The minimum atomic E-state index is -1.17. The molecule has 230 valence electrons. The molecule has 0 aliphatic carbocycles. The maximum absolute atomic E-state index is 14.1. The number of phenolic OH excluding ortho intramolecular Hbond substituents is 1. The summed E-state index contributed by atoms with van der Waals surface area (Å²) in [6.07, 6.45) is -0.0786. The third kappa shape index (κ3) is 11.1. The van der Waals surface area contributed by atoms with Crippen molar-refractivity contribution in [1.82, 2.24) is 15.5 Å². The first-order valence-electron chi connectivity index (χ1n) is 14.1. The third-order valence-electron chi connectivity index (χ3n) is 5.95. The van der Waals surface area contributed by atoms with E-state index in [0.717, 1.165) is 5.56 Å². The highest BCUT2D eigenvalue weighted by molar-refractivity contribution is 5.93. The molecule has 3 N–H and O–H groups in total. The van der Waals surface area contributed by atoms with Gasteiger partial charge in [-0.15, -0.1) is 0 Å². The lowest BCUT2D eigenvalue weighted by atomic mass is 9.99. The van der Waals surface area contributed by atoms with Crippen molar-refractivity contribution in [2.45, 2.75) is 91.5 Å². The number of aryl methyl sites for hydroxylation is 1. The minimum absolute atomic E-state index is 0.0357. The number of hydrogen-bond donors (Lipinski definition) is 3. The maximum atomic E-state index is 14.1. The Hall–Kier alpha value is -4.08. The average molecular weight is 584 g/mol. The number of esters is 1. The molecule has 0 aliphatic heterocycles. The van der Waals surface area contributed by atoms with Crippen LogP contribution in [0.4, 0.5) is 4.79 Å². The first kappa shape index (κ1) is 34.1. The van der Waals surface area contributed by atoms with E-state index in [0.29, 0.717) is 17.5 Å². The van der Waals surface area contributed by atoms with Gasteiger partial charge in [-0.2, -0.15) is 0 Å². The summed E-state index contributed by atoms with van der Waals surface area (Å²) < 4.78 is 10.9. The largest absolute Gasteiger partial charge is 0.508 e. The van der Waals surface area contributed by atoms with Crippen molar-refractivity contribution < 1.29 is 33.8 Å². The molecule has 2 atom stereocenters. The molecule has 2 unspecified atom stereocenters. The summed E-state index contributed by atoms with van der Waals surface area (Å²) in [4.78, 5) is 54.4. The van der Waals surface area contributed by atoms with Gasteiger partial charge in [-0.05, 0) is 83.7 Å². The van der Waals surface area contributed by atoms with Gasteiger partial charge in [0.15, 0.2) is 0 Å². The predicted molar refractivity (Wildman–Crippen MR) is 160 cm³/mol. The number of ether oxygens (including phenoxy) is 2. The SMILES string of the molecule is CCCN(C(=O)CNC(=O)OC(C)(C)C)C(C(=O)NC(Cc1ccccc1)C(=O)OC(C)(C)C)c1ccc(O)c(C)c1. The Balaban J connectivity index is 2.46. The Morgan fingerprint density at radius 2 is 1.55 bits per heavy atom. The van der Waals surface area contributed by atoms with Crippen LogP contribution in [0.15, 0.2) is 48.5 Å². The smallest absolute Gasteiger partial charge is 0.408 e. The zero-order valence-corrected chi connectivity index (χ0v) is 25.9. The normalized spacial score (nSPS) is 13.0. The zero-order chi connectivity index (χ0) is 31.7. The Labute approximate surface area is 248 Å². The standard InChI is InChI=1S/C32H45N3O7/c1-9-17-35(26(37)20-33-30(40)42-32(6,7)8)27(23-15-16-25(36)21(2)18-23)28(38)34-24(29(39)41-31(3,4)5)19-22-13-11-10-12-14-22/h10-16,18,24,27,36H,9,17,19-20H2,1-8H3,(H,33,40)(H,34,38). The molecule has 0 bridgehead atoms. The summed E-state index contributed by atoms with van der Waals surface area (Å²) in [6.45, 7) is 13.7. The second-order valence-corrected chi connectivity index (χ2v) is 12.2. The number of alkyl carbamates (subject to hydrolysis) is 1. The minimum Gasteiger partial charge on any atom is -0.508 e. The van der Waals surface area contributed by atoms with Crippen molar-refractivity contribution in [3.63, 3.8) is 0 Å². The molecule has 10 nitrogen and oxygen atoms in total. The summed E-state index contributed by atoms with van der Waals surface area (Å²) in [5.74, 6) is -1.70. The molecule has 2 aromatic carbocycles. The lowest BCUT2D eigenvalue weighted by molar-refractivity contribution is -0.159. The Morgan fingerprint density at radius 1 is 0.929 bits per heavy atom. The van der Waals surface area contributed by atoms with Crippen molar-refractivity contribution >= 4 is 23.9 Å². The number of hydrogen-bond acceptors (Lipinski definition) is 7. The van der Waals surface area contributed by atoms with Crippen LogP contribution in [0.3, 0.4) is 0 Å². The van der Waals surface area contributed by atoms with Gasteiger partial charge in [-0.3, -0.25) is 9.59 Å². The first-order chi connectivity index (χ1) is 19.5. The van der Waals surface area contributed by atoms with Crippen LogP contribution in [0, 0.1) is 6.92 Å². The first-order valence-corrected chi connectivity index (χ1v) is 14.1. The van der Waals surface area contributed by atoms with Gasteiger partial charge >= 0.3 is 12.1 Å². The van der Waals surface area contributed by atoms with E-state index < -0.39 is 53.7 Å². The second kappa shape index (κ2) is 14.7. The fourth-order valence-electron chi connectivity index (χ4n) is 4.19. The highest BCUT2D eigenvalue weighted by atomic mass is 16.6. The quantitative estimate of drug-likeness (QED) is 0.330. The van der Waals surface area contributed by atoms with E-state index >= 15 is 0 Å². The van der Waals surface area contributed by atoms with Gasteiger partial charge < -0.3 is 30.1 Å². The summed E-state index contributed by atoms with van der Waals surface area (Å²) in [5.41, 5.74) is 0.215. The van der Waals surface area contributed by atoms with Crippen LogP contribution in [0.1, 0.15) is 77.6 Å². The van der Waals surface area contributed by atoms with Gasteiger partial charge in [0.2, 0.25) is 11.8 Å². The van der Waals surface area contributed by atoms with Gasteiger partial charge in [0.05, 0.1) is 0 Å². The number of nitrogens with zero attached hydrogens (tertiary/aromatic N) is 1. The third-order valence-corrected chi connectivity index (χ3v) is 5.95. The number of carbonyl (C=O) groups is 4. The zero-order valence-electron chi connectivity index (χ0n) is 25.9. The molecule has 2 rings (SSSR count). The number of benzene rings is 2. The van der Waals surface area contributed by atoms with Crippen molar-refractivity contribution in [3.8, 4) is 5.75 Å². The van der Waals surface area contributed by atoms with Gasteiger partial charge in [0.25, 0.3) is 0 Å². The molecule has 0 saturated carbocycles. The van der Waals surface area contributed by atoms with Crippen molar-refractivity contribution in [3.05, 3.63) is 65.2 Å². The molecule has 0 saturated heterocycles. The summed E-state index contributed by atoms with van der Waals surface area (Å²) in [6, 6.07) is 11.6. The van der Waals surface area contributed by atoms with E-state index in [-0.39, 0.29) is 18.7 Å². The fraction of sp³-hybridized carbons (Fsp3) is 0.500. The van der Waals surface area contributed by atoms with Crippen LogP contribution in [0.25, 0.3) is 0 Å². The van der Waals surface area contributed by atoms with E-state index in [1.165, 1.54) is 11.0 Å². The fourth-order valence-corrected chi connectivity index (χ4v) is 4.19. The molecule has 0 fully saturated rings. The van der Waals surface area contributed by atoms with E-state index in [9.17, 15) is 24.3 Å². The summed E-state index contributed by atoms with van der Waals surface area (Å²) in [7, 11) is 0. The van der Waals surface area contributed by atoms with E-state index in [1.54, 1.807) is 60.6 Å². The van der Waals surface area contributed by atoms with Crippen LogP contribution in [0.5, 0.6) is 5.75 Å². The Kier molecular flexibility index (Phi) is 11.9. The lowest BCUT2D eigenvalue weighted by Gasteiger charge is -2.33. The molecule has 0 radical (unpaired) electrons. The molecule has 3 amide bonds. The predicted octanol–water partition coefficient (Wildman–Crippen LogP) is 4.57. The number of aromatic hydroxyl groups is 1. The highest BCUT2D eigenvalue weighted by Gasteiger charge is 2.35. The summed E-state index contributed by atoms with van der Waals surface area (Å²) in [5, 5.41) is 15.4. The highest BCUT2D eigenvalue weighted by Crippen LogP contribution is 2.27. The van der Waals surface area contributed by atoms with Crippen molar-refractivity contribution in [2.24, 2.45) is 0 Å². The molecule has 0 spiro atoms. The van der Waals surface area contributed by atoms with Crippen LogP contribution in [-0.2, 0) is 30.3 Å². The van der Waals surface area contributed by atoms with E-state index in [1.807, 2.05) is 37.3 Å². The average Bonchev–Trinajstić information content (AvgIpc) is 2.87. The van der Waals surface area contributed by atoms with Gasteiger partial charge in [-0.1, -0.05) is 43.3 Å². The monoisotopic (exact) mass is 583 g/mol.